The van der Waals surface area contributed by atoms with E-state index in [4.69, 9.17) is 14.2 Å². The lowest BCUT2D eigenvalue weighted by molar-refractivity contribution is 0.0989. The second kappa shape index (κ2) is 7.44. The average Bonchev–Trinajstić information content (AvgIpc) is 3.40. The van der Waals surface area contributed by atoms with Gasteiger partial charge in [-0.3, -0.25) is 4.79 Å². The number of carbonyl (C=O) groups excluding carboxylic acids is 1. The molecule has 0 unspecified atom stereocenters. The number of fused-ring (bicyclic) bond motifs is 2. The monoisotopic (exact) mass is 407 g/mol. The molecule has 2 aliphatic heterocycles. The van der Waals surface area contributed by atoms with E-state index in [-0.39, 0.29) is 12.7 Å². The molecule has 5 nitrogen and oxygen atoms in total. The maximum Gasteiger partial charge on any atom is 0.268 e. The van der Waals surface area contributed by atoms with Gasteiger partial charge in [0, 0.05) is 23.9 Å². The molecule has 0 fully saturated rings. The van der Waals surface area contributed by atoms with Gasteiger partial charge in [-0.15, -0.1) is 11.3 Å². The molecular formula is C23H21NO4S. The van der Waals surface area contributed by atoms with Crippen LogP contribution >= 0.6 is 11.3 Å². The van der Waals surface area contributed by atoms with E-state index in [9.17, 15) is 4.79 Å². The Hall–Kier alpha value is -2.99. The van der Waals surface area contributed by atoms with Crippen molar-refractivity contribution >= 4 is 22.9 Å². The summed E-state index contributed by atoms with van der Waals surface area (Å²) in [6.07, 6.45) is 2.02. The Balaban J connectivity index is 1.28. The van der Waals surface area contributed by atoms with Crippen LogP contribution in [0.5, 0.6) is 17.2 Å². The number of rotatable bonds is 4. The van der Waals surface area contributed by atoms with Crippen molar-refractivity contribution in [3.63, 3.8) is 0 Å². The third-order valence-corrected chi connectivity index (χ3v) is 6.18. The van der Waals surface area contributed by atoms with E-state index in [1.807, 2.05) is 34.5 Å². The molecule has 0 aliphatic carbocycles. The Bertz CT molecular complexity index is 1070. The number of nitrogens with zero attached hydrogens (tertiary/aromatic N) is 1. The van der Waals surface area contributed by atoms with Crippen molar-refractivity contribution in [1.82, 2.24) is 0 Å². The number of hydrogen-bond acceptors (Lipinski definition) is 5. The zero-order chi connectivity index (χ0) is 19.8. The zero-order valence-electron chi connectivity index (χ0n) is 16.1. The molecule has 148 valence electrons. The van der Waals surface area contributed by atoms with E-state index in [2.05, 4.69) is 25.1 Å². The van der Waals surface area contributed by atoms with Gasteiger partial charge in [0.05, 0.1) is 4.88 Å². The van der Waals surface area contributed by atoms with Crippen molar-refractivity contribution in [3.05, 3.63) is 69.4 Å². The summed E-state index contributed by atoms with van der Waals surface area (Å²) in [5, 5.41) is 1.99. The van der Waals surface area contributed by atoms with Crippen molar-refractivity contribution in [1.29, 1.82) is 0 Å². The molecule has 2 aliphatic rings. The van der Waals surface area contributed by atoms with Gasteiger partial charge in [-0.2, -0.15) is 0 Å². The van der Waals surface area contributed by atoms with Crippen molar-refractivity contribution in [2.75, 3.05) is 18.2 Å². The van der Waals surface area contributed by atoms with Crippen LogP contribution in [0.3, 0.4) is 0 Å². The molecule has 0 N–H and O–H groups in total. The molecule has 3 heterocycles. The fourth-order valence-corrected chi connectivity index (χ4v) is 4.61. The molecule has 1 aromatic heterocycles. The van der Waals surface area contributed by atoms with Crippen LogP contribution in [0.15, 0.2) is 47.8 Å². The third-order valence-electron chi connectivity index (χ3n) is 5.21. The maximum absolute atomic E-state index is 13.1. The molecule has 6 heteroatoms. The highest BCUT2D eigenvalue weighted by atomic mass is 32.1. The summed E-state index contributed by atoms with van der Waals surface area (Å²) in [6.45, 7) is 3.50. The first-order valence-corrected chi connectivity index (χ1v) is 10.6. The van der Waals surface area contributed by atoms with Gasteiger partial charge in [-0.05, 0) is 55.0 Å². The van der Waals surface area contributed by atoms with E-state index in [0.29, 0.717) is 18.1 Å². The number of hydrogen-bond donors (Lipinski definition) is 0. The molecule has 2 aromatic carbocycles. The Morgan fingerprint density at radius 1 is 1.14 bits per heavy atom. The lowest BCUT2D eigenvalue weighted by Gasteiger charge is -2.29. The first kappa shape index (κ1) is 18.1. The normalized spacial score (nSPS) is 14.6. The quantitative estimate of drug-likeness (QED) is 0.614. The van der Waals surface area contributed by atoms with E-state index >= 15 is 0 Å². The summed E-state index contributed by atoms with van der Waals surface area (Å²) in [5.41, 5.74) is 4.51. The minimum absolute atomic E-state index is 0.0640. The van der Waals surface area contributed by atoms with Gasteiger partial charge in [-0.25, -0.2) is 0 Å². The highest BCUT2D eigenvalue weighted by Crippen LogP contribution is 2.35. The predicted octanol–water partition coefficient (Wildman–Crippen LogP) is 4.96. The molecule has 0 radical (unpaired) electrons. The second-order valence-corrected chi connectivity index (χ2v) is 8.23. The predicted molar refractivity (Wildman–Crippen MR) is 112 cm³/mol. The number of ether oxygens (including phenoxy) is 3. The SMILES string of the molecule is Cc1ccc2c(c1)CCCN2C(=O)c1cc(COc2ccc3c(c2)OCO3)cs1. The number of aryl methyl sites for hydroxylation is 2. The van der Waals surface area contributed by atoms with E-state index in [0.717, 1.165) is 41.3 Å². The van der Waals surface area contributed by atoms with Crippen LogP contribution in [0.4, 0.5) is 5.69 Å². The largest absolute Gasteiger partial charge is 0.489 e. The molecule has 0 bridgehead atoms. The summed E-state index contributed by atoms with van der Waals surface area (Å²) < 4.78 is 16.6. The van der Waals surface area contributed by atoms with Crippen LogP contribution in [-0.4, -0.2) is 19.2 Å². The summed E-state index contributed by atoms with van der Waals surface area (Å²) in [4.78, 5) is 15.8. The molecule has 0 atom stereocenters. The topological polar surface area (TPSA) is 48.0 Å². The lowest BCUT2D eigenvalue weighted by Crippen LogP contribution is -2.35. The van der Waals surface area contributed by atoms with Crippen molar-refractivity contribution in [2.24, 2.45) is 0 Å². The summed E-state index contributed by atoms with van der Waals surface area (Å²) in [6, 6.07) is 13.8. The molecule has 0 saturated carbocycles. The Kier molecular flexibility index (Phi) is 4.64. The molecule has 5 rings (SSSR count). The average molecular weight is 407 g/mol. The smallest absolute Gasteiger partial charge is 0.268 e. The molecule has 0 spiro atoms. The van der Waals surface area contributed by atoms with Crippen LogP contribution < -0.4 is 19.1 Å². The van der Waals surface area contributed by atoms with Crippen LogP contribution in [0.2, 0.25) is 0 Å². The highest BCUT2D eigenvalue weighted by molar-refractivity contribution is 7.12. The second-order valence-electron chi connectivity index (χ2n) is 7.32. The summed E-state index contributed by atoms with van der Waals surface area (Å²) in [7, 11) is 0. The summed E-state index contributed by atoms with van der Waals surface area (Å²) >= 11 is 1.47. The van der Waals surface area contributed by atoms with E-state index < -0.39 is 0 Å². The van der Waals surface area contributed by atoms with Crippen LogP contribution in [-0.2, 0) is 13.0 Å². The van der Waals surface area contributed by atoms with Gasteiger partial charge in [0.1, 0.15) is 12.4 Å². The molecule has 0 saturated heterocycles. The van der Waals surface area contributed by atoms with E-state index in [1.165, 1.54) is 22.5 Å². The summed E-state index contributed by atoms with van der Waals surface area (Å²) in [5.74, 6) is 2.21. The number of anilines is 1. The van der Waals surface area contributed by atoms with Crippen molar-refractivity contribution < 1.29 is 19.0 Å². The van der Waals surface area contributed by atoms with Gasteiger partial charge in [0.15, 0.2) is 11.5 Å². The number of carbonyl (C=O) groups is 1. The number of benzene rings is 2. The van der Waals surface area contributed by atoms with Gasteiger partial charge in [0.2, 0.25) is 6.79 Å². The van der Waals surface area contributed by atoms with Gasteiger partial charge < -0.3 is 19.1 Å². The Morgan fingerprint density at radius 3 is 2.97 bits per heavy atom. The third kappa shape index (κ3) is 3.56. The Morgan fingerprint density at radius 2 is 2.03 bits per heavy atom. The maximum atomic E-state index is 13.1. The van der Waals surface area contributed by atoms with Crippen molar-refractivity contribution in [3.8, 4) is 17.2 Å². The van der Waals surface area contributed by atoms with Crippen LogP contribution in [0.1, 0.15) is 32.8 Å². The number of amides is 1. The lowest BCUT2D eigenvalue weighted by atomic mass is 9.99. The molecule has 3 aromatic rings. The minimum atomic E-state index is 0.0640. The minimum Gasteiger partial charge on any atom is -0.489 e. The fourth-order valence-electron chi connectivity index (χ4n) is 3.77. The van der Waals surface area contributed by atoms with Gasteiger partial charge in [-0.1, -0.05) is 17.7 Å². The van der Waals surface area contributed by atoms with Gasteiger partial charge in [0.25, 0.3) is 5.91 Å². The fraction of sp³-hybridized carbons (Fsp3) is 0.261. The Labute approximate surface area is 173 Å². The molecule has 29 heavy (non-hydrogen) atoms. The standard InChI is InChI=1S/C23H21NO4S/c1-15-4-6-19-17(9-15)3-2-8-24(19)23(25)22-10-16(13-29-22)12-26-18-5-7-20-21(11-18)28-14-27-20/h4-7,9-11,13H,2-3,8,12,14H2,1H3. The van der Waals surface area contributed by atoms with E-state index in [1.54, 1.807) is 0 Å². The first-order valence-electron chi connectivity index (χ1n) is 9.68. The van der Waals surface area contributed by atoms with Crippen LogP contribution in [0, 0.1) is 6.92 Å². The van der Waals surface area contributed by atoms with Crippen LogP contribution in [0.25, 0.3) is 0 Å². The van der Waals surface area contributed by atoms with Gasteiger partial charge >= 0.3 is 0 Å². The molecular weight excluding hydrogens is 386 g/mol. The van der Waals surface area contributed by atoms with Crippen molar-refractivity contribution in [2.45, 2.75) is 26.4 Å². The molecule has 1 amide bonds. The first-order chi connectivity index (χ1) is 14.2. The highest BCUT2D eigenvalue weighted by Gasteiger charge is 2.24. The zero-order valence-corrected chi connectivity index (χ0v) is 17.0. The number of thiophene rings is 1.